The van der Waals surface area contributed by atoms with Gasteiger partial charge in [-0.1, -0.05) is 30.4 Å². The van der Waals surface area contributed by atoms with Crippen LogP contribution in [0.15, 0.2) is 23.8 Å². The van der Waals surface area contributed by atoms with Crippen molar-refractivity contribution in [2.75, 3.05) is 0 Å². The lowest BCUT2D eigenvalue weighted by Crippen LogP contribution is -2.39. The van der Waals surface area contributed by atoms with Crippen LogP contribution in [0.25, 0.3) is 0 Å². The van der Waals surface area contributed by atoms with Crippen LogP contribution in [0.1, 0.15) is 12.8 Å². The molecule has 0 radical (unpaired) electrons. The van der Waals surface area contributed by atoms with E-state index in [9.17, 15) is 4.79 Å². The molecule has 0 aromatic heterocycles. The van der Waals surface area contributed by atoms with Gasteiger partial charge < -0.3 is 5.32 Å². The minimum absolute atomic E-state index is 0.280. The fourth-order valence-electron chi connectivity index (χ4n) is 2.03. The molecule has 1 amide bonds. The van der Waals surface area contributed by atoms with Gasteiger partial charge in [0.2, 0.25) is 0 Å². The van der Waals surface area contributed by atoms with Gasteiger partial charge >= 0.3 is 0 Å². The number of nitrogens with one attached hydrogen (secondary N) is 1. The number of thiocarbonyl (C=S) groups is 1. The maximum absolute atomic E-state index is 11.8. The average molecular weight is 253 g/mol. The molecule has 1 saturated heterocycles. The highest BCUT2D eigenvalue weighted by atomic mass is 35.5. The summed E-state index contributed by atoms with van der Waals surface area (Å²) >= 11 is 11.5. The van der Waals surface area contributed by atoms with E-state index in [-0.39, 0.29) is 11.8 Å². The molecule has 0 aromatic rings. The van der Waals surface area contributed by atoms with Crippen molar-refractivity contribution in [3.63, 3.8) is 0 Å². The molecule has 1 fully saturated rings. The Morgan fingerprint density at radius 2 is 2.44 bits per heavy atom. The number of alkyl halides is 1. The van der Waals surface area contributed by atoms with Gasteiger partial charge in [-0.25, -0.2) is 0 Å². The zero-order chi connectivity index (χ0) is 11.8. The van der Waals surface area contributed by atoms with Crippen LogP contribution in [0, 0.1) is 17.2 Å². The van der Waals surface area contributed by atoms with Crippen molar-refractivity contribution >= 4 is 34.7 Å². The number of halogens is 1. The van der Waals surface area contributed by atoms with E-state index in [0.29, 0.717) is 17.8 Å². The second kappa shape index (κ2) is 4.00. The number of carbonyl (C=O) groups is 1. The molecule has 3 nitrogen and oxygen atoms in total. The van der Waals surface area contributed by atoms with Crippen molar-refractivity contribution < 1.29 is 4.79 Å². The highest BCUT2D eigenvalue weighted by molar-refractivity contribution is 7.80. The van der Waals surface area contributed by atoms with Crippen LogP contribution < -0.4 is 5.32 Å². The first-order valence-electron chi connectivity index (χ1n) is 4.89. The molecule has 2 rings (SSSR count). The SMILES string of the molecule is N#CCCC1=CC=CC2C(=S)NC(=O)C12Cl. The van der Waals surface area contributed by atoms with Gasteiger partial charge in [-0.05, 0) is 12.0 Å². The van der Waals surface area contributed by atoms with Crippen LogP contribution in [-0.2, 0) is 4.79 Å². The minimum atomic E-state index is -1.11. The van der Waals surface area contributed by atoms with Crippen LogP contribution >= 0.6 is 23.8 Å². The Balaban J connectivity index is 2.37. The van der Waals surface area contributed by atoms with Crippen molar-refractivity contribution in [3.8, 4) is 6.07 Å². The third kappa shape index (κ3) is 1.48. The summed E-state index contributed by atoms with van der Waals surface area (Å²) in [6.45, 7) is 0. The van der Waals surface area contributed by atoms with Gasteiger partial charge in [0.15, 0.2) is 4.87 Å². The van der Waals surface area contributed by atoms with Gasteiger partial charge in [-0.2, -0.15) is 5.26 Å². The van der Waals surface area contributed by atoms with Crippen LogP contribution in [0.5, 0.6) is 0 Å². The van der Waals surface area contributed by atoms with Gasteiger partial charge in [0.1, 0.15) is 0 Å². The summed E-state index contributed by atoms with van der Waals surface area (Å²) < 4.78 is 0. The van der Waals surface area contributed by atoms with Crippen LogP contribution in [0.4, 0.5) is 0 Å². The maximum atomic E-state index is 11.8. The standard InChI is InChI=1S/C11H9ClN2OS/c12-11-7(4-2-6-13)3-1-5-8(11)9(16)14-10(11)15/h1,3,5,8H,2,4H2,(H,14,15,16). The Kier molecular flexibility index (Phi) is 2.83. The fourth-order valence-corrected chi connectivity index (χ4v) is 2.83. The molecule has 0 saturated carbocycles. The highest BCUT2D eigenvalue weighted by Gasteiger charge is 2.53. The van der Waals surface area contributed by atoms with Gasteiger partial charge in [0, 0.05) is 6.42 Å². The Bertz CT molecular complexity index is 463. The number of amides is 1. The van der Waals surface area contributed by atoms with Crippen LogP contribution in [-0.4, -0.2) is 15.8 Å². The Morgan fingerprint density at radius 1 is 1.69 bits per heavy atom. The van der Waals surface area contributed by atoms with Crippen molar-refractivity contribution in [1.29, 1.82) is 5.26 Å². The van der Waals surface area contributed by atoms with Crippen LogP contribution in [0.2, 0.25) is 0 Å². The van der Waals surface area contributed by atoms with Crippen molar-refractivity contribution in [1.82, 2.24) is 5.32 Å². The number of nitriles is 1. The zero-order valence-electron chi connectivity index (χ0n) is 8.37. The number of hydrogen-bond acceptors (Lipinski definition) is 3. The predicted octanol–water partition coefficient (Wildman–Crippen LogP) is 1.84. The summed E-state index contributed by atoms with van der Waals surface area (Å²) in [4.78, 5) is 11.2. The number of fused-ring (bicyclic) bond motifs is 1. The van der Waals surface area contributed by atoms with E-state index < -0.39 is 4.87 Å². The van der Waals surface area contributed by atoms with E-state index >= 15 is 0 Å². The lowest BCUT2D eigenvalue weighted by molar-refractivity contribution is -0.120. The third-order valence-electron chi connectivity index (χ3n) is 2.85. The number of rotatable bonds is 2. The molecule has 5 heteroatoms. The summed E-state index contributed by atoms with van der Waals surface area (Å²) in [5, 5.41) is 11.2. The fraction of sp³-hybridized carbons (Fsp3) is 0.364. The first kappa shape index (κ1) is 11.3. The molecule has 1 aliphatic heterocycles. The van der Waals surface area contributed by atoms with E-state index in [1.807, 2.05) is 12.2 Å². The monoisotopic (exact) mass is 252 g/mol. The quantitative estimate of drug-likeness (QED) is 0.603. The van der Waals surface area contributed by atoms with Gasteiger partial charge in [-0.15, -0.1) is 11.6 Å². The zero-order valence-corrected chi connectivity index (χ0v) is 9.94. The molecule has 2 unspecified atom stereocenters. The molecule has 2 aliphatic rings. The lowest BCUT2D eigenvalue weighted by Gasteiger charge is -2.28. The maximum Gasteiger partial charge on any atom is 0.251 e. The van der Waals surface area contributed by atoms with E-state index in [0.717, 1.165) is 5.57 Å². The summed E-state index contributed by atoms with van der Waals surface area (Å²) in [6.07, 6.45) is 6.31. The Hall–Kier alpha value is -1.18. The molecule has 1 aliphatic carbocycles. The number of hydrogen-bond donors (Lipinski definition) is 1. The minimum Gasteiger partial charge on any atom is -0.318 e. The van der Waals surface area contributed by atoms with E-state index in [2.05, 4.69) is 11.4 Å². The molecule has 82 valence electrons. The van der Waals surface area contributed by atoms with Gasteiger partial charge in [0.25, 0.3) is 5.91 Å². The molecule has 0 aromatic carbocycles. The van der Waals surface area contributed by atoms with Crippen molar-refractivity contribution in [2.45, 2.75) is 17.7 Å². The van der Waals surface area contributed by atoms with Crippen LogP contribution in [0.3, 0.4) is 0 Å². The highest BCUT2D eigenvalue weighted by Crippen LogP contribution is 2.43. The summed E-state index contributed by atoms with van der Waals surface area (Å²) in [5.41, 5.74) is 0.764. The van der Waals surface area contributed by atoms with Crippen molar-refractivity contribution in [2.24, 2.45) is 5.92 Å². The molecule has 1 N–H and O–H groups in total. The molecular weight excluding hydrogens is 244 g/mol. The molecular formula is C11H9ClN2OS. The topological polar surface area (TPSA) is 52.9 Å². The summed E-state index contributed by atoms with van der Waals surface area (Å²) in [6, 6.07) is 2.05. The first-order chi connectivity index (χ1) is 7.60. The number of carbonyl (C=O) groups excluding carboxylic acids is 1. The van der Waals surface area contributed by atoms with E-state index in [1.165, 1.54) is 0 Å². The van der Waals surface area contributed by atoms with Gasteiger partial charge in [-0.3, -0.25) is 4.79 Å². The second-order valence-corrected chi connectivity index (χ2v) is 4.78. The normalized spacial score (nSPS) is 31.8. The largest absolute Gasteiger partial charge is 0.318 e. The van der Waals surface area contributed by atoms with E-state index in [1.54, 1.807) is 6.08 Å². The van der Waals surface area contributed by atoms with E-state index in [4.69, 9.17) is 29.1 Å². The summed E-state index contributed by atoms with van der Waals surface area (Å²) in [5.74, 6) is -0.562. The lowest BCUT2D eigenvalue weighted by atomic mass is 9.81. The number of allylic oxidation sites excluding steroid dienone is 2. The molecule has 16 heavy (non-hydrogen) atoms. The number of nitrogens with zero attached hydrogens (tertiary/aromatic N) is 1. The third-order valence-corrected chi connectivity index (χ3v) is 3.86. The second-order valence-electron chi connectivity index (χ2n) is 3.74. The first-order valence-corrected chi connectivity index (χ1v) is 5.68. The molecule has 1 heterocycles. The average Bonchev–Trinajstić information content (AvgIpc) is 2.48. The predicted molar refractivity (Wildman–Crippen MR) is 64.9 cm³/mol. The van der Waals surface area contributed by atoms with Gasteiger partial charge in [0.05, 0.1) is 17.0 Å². The molecule has 0 spiro atoms. The smallest absolute Gasteiger partial charge is 0.251 e. The molecule has 2 atom stereocenters. The summed E-state index contributed by atoms with van der Waals surface area (Å²) in [7, 11) is 0. The Morgan fingerprint density at radius 3 is 3.12 bits per heavy atom. The van der Waals surface area contributed by atoms with Crippen molar-refractivity contribution in [3.05, 3.63) is 23.8 Å². The molecule has 0 bridgehead atoms. The Labute approximate surface area is 104 Å².